The molecule has 0 bridgehead atoms. The van der Waals surface area contributed by atoms with E-state index in [0.717, 1.165) is 20.9 Å². The van der Waals surface area contributed by atoms with Gasteiger partial charge in [0.25, 0.3) is 0 Å². The molecule has 0 radical (unpaired) electrons. The van der Waals surface area contributed by atoms with Gasteiger partial charge in [-0.15, -0.1) is 11.8 Å². The minimum absolute atomic E-state index is 0.0743. The summed E-state index contributed by atoms with van der Waals surface area (Å²) in [5.74, 6) is 1.71. The number of methoxy groups -OCH3 is 1. The number of hydrogen-bond acceptors (Lipinski definition) is 4. The van der Waals surface area contributed by atoms with Crippen LogP contribution in [-0.2, 0) is 4.74 Å². The molecule has 0 heterocycles. The van der Waals surface area contributed by atoms with Crippen molar-refractivity contribution in [1.29, 1.82) is 0 Å². The number of aliphatic hydroxyl groups is 1. The molecule has 0 aliphatic heterocycles. The quantitative estimate of drug-likeness (QED) is 0.621. The Bertz CT molecular complexity index is 320. The Labute approximate surface area is 108 Å². The lowest BCUT2D eigenvalue weighted by molar-refractivity contribution is 0.103. The van der Waals surface area contributed by atoms with Crippen molar-refractivity contribution < 1.29 is 14.6 Å². The highest BCUT2D eigenvalue weighted by atomic mass is 79.9. The average molecular weight is 307 g/mol. The zero-order valence-electron chi connectivity index (χ0n) is 9.11. The second-order valence-electron chi connectivity index (χ2n) is 2.98. The van der Waals surface area contributed by atoms with Crippen LogP contribution in [0.4, 0.5) is 0 Å². The highest BCUT2D eigenvalue weighted by Gasteiger charge is 2.03. The summed E-state index contributed by atoms with van der Waals surface area (Å²) >= 11 is 5.10. The number of halogens is 1. The van der Waals surface area contributed by atoms with E-state index < -0.39 is 0 Å². The third kappa shape index (κ3) is 4.74. The minimum atomic E-state index is 0.0743. The molecule has 1 N–H and O–H groups in total. The monoisotopic (exact) mass is 306 g/mol. The molecular weight excluding hydrogens is 292 g/mol. The Balaban J connectivity index is 2.42. The van der Waals surface area contributed by atoms with Gasteiger partial charge in [-0.05, 0) is 18.2 Å². The molecule has 5 heteroatoms. The van der Waals surface area contributed by atoms with E-state index in [2.05, 4.69) is 15.9 Å². The van der Waals surface area contributed by atoms with Crippen LogP contribution >= 0.6 is 27.7 Å². The maximum atomic E-state index is 8.54. The van der Waals surface area contributed by atoms with E-state index in [-0.39, 0.29) is 6.61 Å². The van der Waals surface area contributed by atoms with Gasteiger partial charge in [-0.2, -0.15) is 0 Å². The molecule has 0 saturated carbocycles. The molecule has 3 nitrogen and oxygen atoms in total. The van der Waals surface area contributed by atoms with Crippen molar-refractivity contribution in [3.63, 3.8) is 0 Å². The Morgan fingerprint density at radius 3 is 2.88 bits per heavy atom. The lowest BCUT2D eigenvalue weighted by atomic mass is 10.3. The molecule has 1 aromatic rings. The molecule has 0 atom stereocenters. The summed E-state index contributed by atoms with van der Waals surface area (Å²) in [5, 5.41) is 8.54. The van der Waals surface area contributed by atoms with E-state index in [1.54, 1.807) is 18.9 Å². The SMILES string of the molecule is COc1ccc(Br)cc1SCCOCCO. The van der Waals surface area contributed by atoms with E-state index in [1.165, 1.54) is 0 Å². The standard InChI is InChI=1S/C11H15BrO3S/c1-14-10-3-2-9(12)8-11(10)16-7-6-15-5-4-13/h2-3,8,13H,4-7H2,1H3. The van der Waals surface area contributed by atoms with Crippen LogP contribution < -0.4 is 4.74 Å². The summed E-state index contributed by atoms with van der Waals surface area (Å²) < 4.78 is 11.5. The molecule has 0 unspecified atom stereocenters. The van der Waals surface area contributed by atoms with Crippen LogP contribution in [-0.4, -0.2) is 37.8 Å². The number of ether oxygens (including phenoxy) is 2. The molecule has 0 aliphatic carbocycles. The first-order valence-electron chi connectivity index (χ1n) is 4.93. The first-order valence-corrected chi connectivity index (χ1v) is 6.70. The molecule has 90 valence electrons. The molecule has 0 aromatic heterocycles. The first-order chi connectivity index (χ1) is 7.77. The summed E-state index contributed by atoms with van der Waals surface area (Å²) in [5.41, 5.74) is 0. The van der Waals surface area contributed by atoms with Crippen molar-refractivity contribution >= 4 is 27.7 Å². The van der Waals surface area contributed by atoms with Gasteiger partial charge in [-0.3, -0.25) is 0 Å². The Hall–Kier alpha value is -0.230. The predicted octanol–water partition coefficient (Wildman–Crippen LogP) is 2.56. The number of rotatable bonds is 7. The summed E-state index contributed by atoms with van der Waals surface area (Å²) in [7, 11) is 1.66. The van der Waals surface area contributed by atoms with Gasteiger partial charge in [0.1, 0.15) is 5.75 Å². The van der Waals surface area contributed by atoms with Gasteiger partial charge in [-0.25, -0.2) is 0 Å². The van der Waals surface area contributed by atoms with E-state index in [9.17, 15) is 0 Å². The van der Waals surface area contributed by atoms with Gasteiger partial charge in [0.15, 0.2) is 0 Å². The lowest BCUT2D eigenvalue weighted by Gasteiger charge is -2.08. The topological polar surface area (TPSA) is 38.7 Å². The van der Waals surface area contributed by atoms with Gasteiger partial charge in [0.05, 0.1) is 31.8 Å². The van der Waals surface area contributed by atoms with Crippen LogP contribution in [0.15, 0.2) is 27.6 Å². The molecule has 1 rings (SSSR count). The minimum Gasteiger partial charge on any atom is -0.496 e. The van der Waals surface area contributed by atoms with Crippen LogP contribution in [0, 0.1) is 0 Å². The van der Waals surface area contributed by atoms with Gasteiger partial charge < -0.3 is 14.6 Å². The third-order valence-electron chi connectivity index (χ3n) is 1.85. The molecule has 0 fully saturated rings. The van der Waals surface area contributed by atoms with E-state index in [0.29, 0.717) is 13.2 Å². The molecule has 0 amide bonds. The van der Waals surface area contributed by atoms with Gasteiger partial charge in [0, 0.05) is 10.2 Å². The number of aliphatic hydroxyl groups excluding tert-OH is 1. The molecule has 16 heavy (non-hydrogen) atoms. The maximum absolute atomic E-state index is 8.54. The van der Waals surface area contributed by atoms with Crippen LogP contribution in [0.1, 0.15) is 0 Å². The smallest absolute Gasteiger partial charge is 0.132 e. The summed E-state index contributed by atoms with van der Waals surface area (Å²) in [6, 6.07) is 5.90. The van der Waals surface area contributed by atoms with E-state index in [4.69, 9.17) is 14.6 Å². The lowest BCUT2D eigenvalue weighted by Crippen LogP contribution is -2.02. The molecule has 0 spiro atoms. The predicted molar refractivity (Wildman–Crippen MR) is 69.3 cm³/mol. The highest BCUT2D eigenvalue weighted by molar-refractivity contribution is 9.10. The van der Waals surface area contributed by atoms with Gasteiger partial charge in [-0.1, -0.05) is 15.9 Å². The number of benzene rings is 1. The van der Waals surface area contributed by atoms with Crippen molar-refractivity contribution in [2.24, 2.45) is 0 Å². The second kappa shape index (κ2) is 7.95. The van der Waals surface area contributed by atoms with Gasteiger partial charge >= 0.3 is 0 Å². The normalized spacial score (nSPS) is 10.4. The zero-order valence-corrected chi connectivity index (χ0v) is 11.5. The van der Waals surface area contributed by atoms with Crippen molar-refractivity contribution in [3.8, 4) is 5.75 Å². The first kappa shape index (κ1) is 13.8. The Morgan fingerprint density at radius 1 is 1.38 bits per heavy atom. The van der Waals surface area contributed by atoms with Crippen LogP contribution in [0.5, 0.6) is 5.75 Å². The van der Waals surface area contributed by atoms with Crippen molar-refractivity contribution in [1.82, 2.24) is 0 Å². The van der Waals surface area contributed by atoms with Crippen LogP contribution in [0.3, 0.4) is 0 Å². The fraction of sp³-hybridized carbons (Fsp3) is 0.455. The van der Waals surface area contributed by atoms with Crippen molar-refractivity contribution in [3.05, 3.63) is 22.7 Å². The third-order valence-corrected chi connectivity index (χ3v) is 3.34. The average Bonchev–Trinajstić information content (AvgIpc) is 2.29. The molecule has 1 aromatic carbocycles. The van der Waals surface area contributed by atoms with Crippen molar-refractivity contribution in [2.75, 3.05) is 32.7 Å². The molecular formula is C11H15BrO3S. The molecule has 0 saturated heterocycles. The number of hydrogen-bond donors (Lipinski definition) is 1. The van der Waals surface area contributed by atoms with E-state index >= 15 is 0 Å². The van der Waals surface area contributed by atoms with Crippen molar-refractivity contribution in [2.45, 2.75) is 4.90 Å². The maximum Gasteiger partial charge on any atom is 0.132 e. The summed E-state index contributed by atoms with van der Waals surface area (Å²) in [4.78, 5) is 1.09. The van der Waals surface area contributed by atoms with Crippen LogP contribution in [0.2, 0.25) is 0 Å². The zero-order chi connectivity index (χ0) is 11.8. The Kier molecular flexibility index (Phi) is 6.87. The number of thioether (sulfide) groups is 1. The van der Waals surface area contributed by atoms with Crippen LogP contribution in [0.25, 0.3) is 0 Å². The van der Waals surface area contributed by atoms with Gasteiger partial charge in [0.2, 0.25) is 0 Å². The highest BCUT2D eigenvalue weighted by Crippen LogP contribution is 2.31. The largest absolute Gasteiger partial charge is 0.496 e. The fourth-order valence-electron chi connectivity index (χ4n) is 1.14. The summed E-state index contributed by atoms with van der Waals surface area (Å²) in [6.45, 7) is 1.10. The fourth-order valence-corrected chi connectivity index (χ4v) is 2.58. The second-order valence-corrected chi connectivity index (χ2v) is 5.03. The molecule has 0 aliphatic rings. The summed E-state index contributed by atoms with van der Waals surface area (Å²) in [6.07, 6.45) is 0. The van der Waals surface area contributed by atoms with E-state index in [1.807, 2.05) is 18.2 Å². The Morgan fingerprint density at radius 2 is 2.19 bits per heavy atom.